The molecular formula is C10H24N5Na2O13P. The van der Waals surface area contributed by atoms with E-state index < -0.39 is 39.0 Å². The van der Waals surface area contributed by atoms with Crippen molar-refractivity contribution in [1.82, 2.24) is 19.5 Å². The average Bonchev–Trinajstić information content (AvgIpc) is 3.01. The number of nitrogens with two attached hydrogens (primary N) is 1. The molecule has 0 spiro atoms. The third-order valence-electron chi connectivity index (χ3n) is 3.40. The van der Waals surface area contributed by atoms with E-state index in [0.29, 0.717) is 0 Å². The summed E-state index contributed by atoms with van der Waals surface area (Å²) in [6, 6.07) is 0. The summed E-state index contributed by atoms with van der Waals surface area (Å²) in [5.74, 6) is 0.125. The fourth-order valence-corrected chi connectivity index (χ4v) is 2.65. The molecular weight excluding hydrogens is 475 g/mol. The number of aromatic nitrogens is 4. The van der Waals surface area contributed by atoms with Crippen LogP contribution in [-0.4, -0.2) is 87.5 Å². The molecule has 0 unspecified atom stereocenters. The number of hydrogen-bond acceptors (Lipinski definition) is 11. The van der Waals surface area contributed by atoms with Gasteiger partial charge in [-0.25, -0.2) is 15.0 Å². The van der Waals surface area contributed by atoms with Crippen molar-refractivity contribution >= 4 is 24.8 Å². The number of aliphatic hydroxyl groups excluding tert-OH is 2. The molecule has 0 radical (unpaired) electrons. The number of anilines is 1. The van der Waals surface area contributed by atoms with Crippen LogP contribution in [0.25, 0.3) is 11.2 Å². The van der Waals surface area contributed by atoms with Crippen molar-refractivity contribution < 1.29 is 126 Å². The molecule has 3 rings (SSSR count). The number of ether oxygens (including phenoxy) is 1. The molecule has 3 heterocycles. The Morgan fingerprint density at radius 1 is 1.06 bits per heavy atom. The number of imidazole rings is 1. The monoisotopic (exact) mass is 499 g/mol. The Labute approximate surface area is 218 Å². The first-order valence-corrected chi connectivity index (χ1v) is 7.85. The Hall–Kier alpha value is 0.1000. The van der Waals surface area contributed by atoms with Crippen molar-refractivity contribution in [1.29, 1.82) is 0 Å². The van der Waals surface area contributed by atoms with Crippen LogP contribution in [0.1, 0.15) is 6.23 Å². The molecule has 1 aliphatic heterocycles. The topological polar surface area (TPSA) is 381 Å². The van der Waals surface area contributed by atoms with Crippen LogP contribution in [0.15, 0.2) is 12.7 Å². The minimum absolute atomic E-state index is 0. The normalized spacial score (nSPS) is 21.2. The second-order valence-electron chi connectivity index (χ2n) is 4.87. The molecule has 2 aromatic rings. The molecule has 2 aromatic heterocycles. The van der Waals surface area contributed by atoms with Gasteiger partial charge < -0.3 is 72.4 Å². The maximum absolute atomic E-state index is 10.5. The molecule has 16 N–H and O–H groups in total. The van der Waals surface area contributed by atoms with Gasteiger partial charge in [-0.1, -0.05) is 0 Å². The fourth-order valence-electron chi connectivity index (χ4n) is 2.32. The zero-order valence-electron chi connectivity index (χ0n) is 16.4. The van der Waals surface area contributed by atoms with Crippen LogP contribution >= 0.6 is 7.82 Å². The van der Waals surface area contributed by atoms with Gasteiger partial charge in [0.2, 0.25) is 0 Å². The Balaban J connectivity index is -0.000000195. The molecule has 1 aliphatic rings. The van der Waals surface area contributed by atoms with E-state index in [0.717, 1.165) is 0 Å². The minimum atomic E-state index is -5.22. The van der Waals surface area contributed by atoms with Gasteiger partial charge in [0.15, 0.2) is 17.7 Å². The van der Waals surface area contributed by atoms with Crippen LogP contribution in [0, 0.1) is 0 Å². The van der Waals surface area contributed by atoms with E-state index in [1.807, 2.05) is 0 Å². The van der Waals surface area contributed by atoms with Gasteiger partial charge in [-0.05, 0) is 0 Å². The smallest absolute Gasteiger partial charge is 0.790 e. The number of phosphoric acid groups is 1. The number of hydrogen-bond donors (Lipinski definition) is 3. The molecule has 0 aromatic carbocycles. The molecule has 0 saturated carbocycles. The maximum Gasteiger partial charge on any atom is 1.00 e. The third-order valence-corrected chi connectivity index (χ3v) is 3.86. The molecule has 21 heteroatoms. The van der Waals surface area contributed by atoms with E-state index in [2.05, 4.69) is 19.5 Å². The van der Waals surface area contributed by atoms with E-state index in [1.54, 1.807) is 0 Å². The predicted molar refractivity (Wildman–Crippen MR) is 90.9 cm³/mol. The van der Waals surface area contributed by atoms with Crippen molar-refractivity contribution in [2.24, 2.45) is 0 Å². The van der Waals surface area contributed by atoms with Crippen molar-refractivity contribution in [3.8, 4) is 0 Å². The number of rotatable bonds is 4. The molecule has 174 valence electrons. The summed E-state index contributed by atoms with van der Waals surface area (Å²) in [7, 11) is -5.22. The van der Waals surface area contributed by atoms with Gasteiger partial charge in [0, 0.05) is 0 Å². The van der Waals surface area contributed by atoms with Gasteiger partial charge in [0.1, 0.15) is 30.2 Å². The van der Waals surface area contributed by atoms with Gasteiger partial charge in [-0.15, -0.1) is 0 Å². The second kappa shape index (κ2) is 17.6. The van der Waals surface area contributed by atoms with E-state index in [1.165, 1.54) is 17.2 Å². The quantitative estimate of drug-likeness (QED) is 0.262. The van der Waals surface area contributed by atoms with E-state index in [-0.39, 0.29) is 109 Å². The van der Waals surface area contributed by atoms with Crippen LogP contribution in [0.3, 0.4) is 0 Å². The SMILES string of the molecule is Nc1ncnc2c1ncn2[C@@H]1O[C@H](COP(=O)([O-])[O-])[C@@H](O)[C@H]1O.O.O.O.O.O.O.[Na+].[Na+]. The Morgan fingerprint density at radius 3 is 2.13 bits per heavy atom. The zero-order chi connectivity index (χ0) is 16.8. The maximum atomic E-state index is 10.5. The Kier molecular flexibility index (Phi) is 25.3. The van der Waals surface area contributed by atoms with Gasteiger partial charge in [-0.2, -0.15) is 0 Å². The summed E-state index contributed by atoms with van der Waals surface area (Å²) in [5.41, 5.74) is 6.19. The van der Waals surface area contributed by atoms with Crippen molar-refractivity contribution in [3.05, 3.63) is 12.7 Å². The van der Waals surface area contributed by atoms with Crippen LogP contribution in [0.2, 0.25) is 0 Å². The molecule has 4 atom stereocenters. The summed E-state index contributed by atoms with van der Waals surface area (Å²) < 4.78 is 21.3. The molecule has 31 heavy (non-hydrogen) atoms. The molecule has 0 aliphatic carbocycles. The van der Waals surface area contributed by atoms with Crippen molar-refractivity contribution in [3.63, 3.8) is 0 Å². The van der Waals surface area contributed by atoms with E-state index in [4.69, 9.17) is 10.5 Å². The van der Waals surface area contributed by atoms with Gasteiger partial charge >= 0.3 is 59.1 Å². The van der Waals surface area contributed by atoms with Crippen LogP contribution in [0.4, 0.5) is 5.82 Å². The van der Waals surface area contributed by atoms with Crippen molar-refractivity contribution in [2.45, 2.75) is 24.5 Å². The summed E-state index contributed by atoms with van der Waals surface area (Å²) in [5, 5.41) is 20.0. The second-order valence-corrected chi connectivity index (χ2v) is 6.02. The molecule has 1 fully saturated rings. The summed E-state index contributed by atoms with van der Waals surface area (Å²) >= 11 is 0. The van der Waals surface area contributed by atoms with Gasteiger partial charge in [0.25, 0.3) is 0 Å². The van der Waals surface area contributed by atoms with Crippen LogP contribution in [-0.2, 0) is 13.8 Å². The standard InChI is InChI=1S/C10H14N5O7P.2Na.6H2O/c11-8-5-9(13-2-12-8)15(3-14-5)10-7(17)6(16)4(22-10)1-21-23(18,19)20;;;;;;;;/h2-4,6-7,10,16-17H,1H2,(H2,11,12,13)(H2,18,19,20);;;6*1H2/q;2*+1;;;;;;/p-2/t4-,6-,7-,10-;;;;;;;;/m1......../s1. The molecule has 18 nitrogen and oxygen atoms in total. The number of nitrogen functional groups attached to an aromatic ring is 1. The Bertz CT molecular complexity index is 782. The van der Waals surface area contributed by atoms with Crippen molar-refractivity contribution in [2.75, 3.05) is 12.3 Å². The zero-order valence-corrected chi connectivity index (χ0v) is 21.3. The number of aliphatic hydroxyl groups is 2. The largest absolute Gasteiger partial charge is 1.00 e. The summed E-state index contributed by atoms with van der Waals surface area (Å²) in [6.07, 6.45) is -2.75. The van der Waals surface area contributed by atoms with E-state index >= 15 is 0 Å². The van der Waals surface area contributed by atoms with Crippen LogP contribution in [0.5, 0.6) is 0 Å². The number of phosphoric ester groups is 1. The Morgan fingerprint density at radius 2 is 1.61 bits per heavy atom. The number of fused-ring (bicyclic) bond motifs is 1. The predicted octanol–water partition coefficient (Wildman–Crippen LogP) is -14.1. The first-order valence-electron chi connectivity index (χ1n) is 6.39. The molecule has 1 saturated heterocycles. The number of nitrogens with zero attached hydrogens (tertiary/aromatic N) is 4. The van der Waals surface area contributed by atoms with Crippen LogP contribution < -0.4 is 74.6 Å². The molecule has 0 bridgehead atoms. The first kappa shape index (κ1) is 44.7. The van der Waals surface area contributed by atoms with Gasteiger partial charge in [0.05, 0.1) is 20.8 Å². The summed E-state index contributed by atoms with van der Waals surface area (Å²) in [6.45, 7) is -0.719. The fraction of sp³-hybridized carbons (Fsp3) is 0.500. The van der Waals surface area contributed by atoms with E-state index in [9.17, 15) is 24.6 Å². The summed E-state index contributed by atoms with van der Waals surface area (Å²) in [4.78, 5) is 32.8. The third kappa shape index (κ3) is 9.86. The average molecular weight is 499 g/mol. The first-order chi connectivity index (χ1) is 10.8. The molecule has 0 amide bonds. The minimum Gasteiger partial charge on any atom is -0.790 e. The van der Waals surface area contributed by atoms with Gasteiger partial charge in [-0.3, -0.25) is 4.57 Å².